The first-order valence-electron chi connectivity index (χ1n) is 6.89. The number of aliphatic hydroxyl groups is 1. The van der Waals surface area contributed by atoms with Crippen LogP contribution < -0.4 is 0 Å². The van der Waals surface area contributed by atoms with Crippen LogP contribution in [0.15, 0.2) is 12.4 Å². The highest BCUT2D eigenvalue weighted by molar-refractivity contribution is 5.68. The molecule has 0 radical (unpaired) electrons. The molecule has 0 saturated carbocycles. The van der Waals surface area contributed by atoms with Crippen molar-refractivity contribution in [3.63, 3.8) is 0 Å². The number of likely N-dealkylation sites (tertiary alicyclic amines) is 1. The van der Waals surface area contributed by atoms with Gasteiger partial charge < -0.3 is 14.7 Å². The third-order valence-corrected chi connectivity index (χ3v) is 3.48. The lowest BCUT2D eigenvalue weighted by molar-refractivity contribution is -0.0356. The Hall–Kier alpha value is -1.56. The molecular formula is C14H23N3O3. The molecule has 6 nitrogen and oxygen atoms in total. The first-order chi connectivity index (χ1) is 9.20. The van der Waals surface area contributed by atoms with E-state index >= 15 is 0 Å². The quantitative estimate of drug-likeness (QED) is 0.849. The minimum Gasteiger partial charge on any atom is -0.444 e. The SMILES string of the molecule is Cn1cc(C2(O)CCN(C(=O)OC(C)(C)C)CC2)cn1. The lowest BCUT2D eigenvalue weighted by Gasteiger charge is -2.38. The number of amides is 1. The number of nitrogens with zero attached hydrogens (tertiary/aromatic N) is 3. The van der Waals surface area contributed by atoms with E-state index in [1.165, 1.54) is 0 Å². The summed E-state index contributed by atoms with van der Waals surface area (Å²) >= 11 is 0. The maximum Gasteiger partial charge on any atom is 0.410 e. The molecule has 20 heavy (non-hydrogen) atoms. The summed E-state index contributed by atoms with van der Waals surface area (Å²) in [5, 5.41) is 14.7. The summed E-state index contributed by atoms with van der Waals surface area (Å²) in [5.74, 6) is 0. The van der Waals surface area contributed by atoms with Crippen LogP contribution in [0.2, 0.25) is 0 Å². The van der Waals surface area contributed by atoms with Crippen molar-refractivity contribution in [3.05, 3.63) is 18.0 Å². The van der Waals surface area contributed by atoms with Gasteiger partial charge in [0.05, 0.1) is 11.8 Å². The predicted octanol–water partition coefficient (Wildman–Crippen LogP) is 1.64. The molecule has 0 unspecified atom stereocenters. The van der Waals surface area contributed by atoms with E-state index in [0.717, 1.165) is 5.56 Å². The van der Waals surface area contributed by atoms with Crippen LogP contribution in [0.5, 0.6) is 0 Å². The van der Waals surface area contributed by atoms with E-state index in [4.69, 9.17) is 4.74 Å². The Morgan fingerprint density at radius 2 is 2.00 bits per heavy atom. The molecular weight excluding hydrogens is 258 g/mol. The number of aryl methyl sites for hydroxylation is 1. The second-order valence-electron chi connectivity index (χ2n) is 6.40. The third-order valence-electron chi connectivity index (χ3n) is 3.48. The fraction of sp³-hybridized carbons (Fsp3) is 0.714. The number of hydrogen-bond acceptors (Lipinski definition) is 4. The van der Waals surface area contributed by atoms with E-state index in [1.807, 2.05) is 34.0 Å². The fourth-order valence-corrected chi connectivity index (χ4v) is 2.34. The molecule has 1 aliphatic heterocycles. The van der Waals surface area contributed by atoms with Gasteiger partial charge in [-0.15, -0.1) is 0 Å². The van der Waals surface area contributed by atoms with E-state index in [2.05, 4.69) is 5.10 Å². The van der Waals surface area contributed by atoms with Gasteiger partial charge in [-0.3, -0.25) is 4.68 Å². The number of ether oxygens (including phenoxy) is 1. The number of hydrogen-bond donors (Lipinski definition) is 1. The van der Waals surface area contributed by atoms with Crippen LogP contribution in [0, 0.1) is 0 Å². The predicted molar refractivity (Wildman–Crippen MR) is 74.1 cm³/mol. The smallest absolute Gasteiger partial charge is 0.410 e. The molecule has 1 fully saturated rings. The van der Waals surface area contributed by atoms with Crippen molar-refractivity contribution in [2.75, 3.05) is 13.1 Å². The molecule has 1 N–H and O–H groups in total. The van der Waals surface area contributed by atoms with Crippen molar-refractivity contribution in [3.8, 4) is 0 Å². The Morgan fingerprint density at radius 3 is 2.45 bits per heavy atom. The topological polar surface area (TPSA) is 67.6 Å². The zero-order chi connectivity index (χ0) is 15.0. The molecule has 0 atom stereocenters. The van der Waals surface area contributed by atoms with Crippen molar-refractivity contribution in [1.29, 1.82) is 0 Å². The molecule has 1 aliphatic rings. The van der Waals surface area contributed by atoms with Gasteiger partial charge in [0, 0.05) is 31.9 Å². The average Bonchev–Trinajstić information content (AvgIpc) is 2.75. The first-order valence-corrected chi connectivity index (χ1v) is 6.89. The van der Waals surface area contributed by atoms with Crippen molar-refractivity contribution >= 4 is 6.09 Å². The maximum atomic E-state index is 12.0. The van der Waals surface area contributed by atoms with Crippen LogP contribution in [0.4, 0.5) is 4.79 Å². The zero-order valence-corrected chi connectivity index (χ0v) is 12.6. The van der Waals surface area contributed by atoms with Gasteiger partial charge in [0.25, 0.3) is 0 Å². The van der Waals surface area contributed by atoms with Crippen LogP contribution in [-0.2, 0) is 17.4 Å². The van der Waals surface area contributed by atoms with Crippen LogP contribution in [0.25, 0.3) is 0 Å². The zero-order valence-electron chi connectivity index (χ0n) is 12.6. The highest BCUT2D eigenvalue weighted by Gasteiger charge is 2.37. The Bertz CT molecular complexity index is 482. The summed E-state index contributed by atoms with van der Waals surface area (Å²) in [6.45, 7) is 6.52. The molecule has 0 aromatic carbocycles. The normalized spacial score (nSPS) is 18.9. The first kappa shape index (κ1) is 14.8. The van der Waals surface area contributed by atoms with E-state index in [0.29, 0.717) is 25.9 Å². The summed E-state index contributed by atoms with van der Waals surface area (Å²) in [7, 11) is 1.82. The van der Waals surface area contributed by atoms with Crippen LogP contribution in [-0.4, -0.2) is 44.6 Å². The molecule has 2 heterocycles. The Morgan fingerprint density at radius 1 is 1.40 bits per heavy atom. The minimum absolute atomic E-state index is 0.314. The van der Waals surface area contributed by atoms with Crippen molar-refractivity contribution in [1.82, 2.24) is 14.7 Å². The van der Waals surface area contributed by atoms with Gasteiger partial charge >= 0.3 is 6.09 Å². The maximum absolute atomic E-state index is 12.0. The molecule has 1 aromatic rings. The van der Waals surface area contributed by atoms with E-state index in [9.17, 15) is 9.90 Å². The van der Waals surface area contributed by atoms with E-state index in [-0.39, 0.29) is 6.09 Å². The van der Waals surface area contributed by atoms with Crippen molar-refractivity contribution in [2.24, 2.45) is 7.05 Å². The minimum atomic E-state index is -0.896. The van der Waals surface area contributed by atoms with Gasteiger partial charge in [0.1, 0.15) is 5.60 Å². The van der Waals surface area contributed by atoms with Crippen LogP contribution >= 0.6 is 0 Å². The number of piperidine rings is 1. The summed E-state index contributed by atoms with van der Waals surface area (Å²) in [6.07, 6.45) is 4.19. The van der Waals surface area contributed by atoms with E-state index in [1.54, 1.807) is 15.8 Å². The third kappa shape index (κ3) is 3.30. The van der Waals surface area contributed by atoms with Gasteiger partial charge in [0.2, 0.25) is 0 Å². The van der Waals surface area contributed by atoms with Crippen molar-refractivity contribution in [2.45, 2.75) is 44.8 Å². The molecule has 1 aromatic heterocycles. The van der Waals surface area contributed by atoms with Crippen molar-refractivity contribution < 1.29 is 14.6 Å². The Balaban J connectivity index is 1.97. The van der Waals surface area contributed by atoms with Gasteiger partial charge in [-0.25, -0.2) is 4.79 Å². The summed E-state index contributed by atoms with van der Waals surface area (Å²) in [4.78, 5) is 13.6. The molecule has 1 saturated heterocycles. The second-order valence-corrected chi connectivity index (χ2v) is 6.40. The lowest BCUT2D eigenvalue weighted by Crippen LogP contribution is -2.46. The monoisotopic (exact) mass is 281 g/mol. The fourth-order valence-electron chi connectivity index (χ4n) is 2.34. The standard InChI is InChI=1S/C14H23N3O3/c1-13(2,3)20-12(18)17-7-5-14(19,6-8-17)11-9-15-16(4)10-11/h9-10,19H,5-8H2,1-4H3. The van der Waals surface area contributed by atoms with Gasteiger partial charge in [-0.1, -0.05) is 0 Å². The molecule has 0 spiro atoms. The highest BCUT2D eigenvalue weighted by Crippen LogP contribution is 2.32. The molecule has 0 aliphatic carbocycles. The molecule has 112 valence electrons. The molecule has 0 bridgehead atoms. The van der Waals surface area contributed by atoms with Crippen LogP contribution in [0.3, 0.4) is 0 Å². The number of aromatic nitrogens is 2. The Kier molecular flexibility index (Phi) is 3.77. The number of rotatable bonds is 1. The number of carbonyl (C=O) groups is 1. The highest BCUT2D eigenvalue weighted by atomic mass is 16.6. The number of carbonyl (C=O) groups excluding carboxylic acids is 1. The van der Waals surface area contributed by atoms with Crippen LogP contribution in [0.1, 0.15) is 39.2 Å². The van der Waals surface area contributed by atoms with Gasteiger partial charge in [-0.05, 0) is 33.6 Å². The largest absolute Gasteiger partial charge is 0.444 e. The average molecular weight is 281 g/mol. The molecule has 6 heteroatoms. The summed E-state index contributed by atoms with van der Waals surface area (Å²) in [6, 6.07) is 0. The van der Waals surface area contributed by atoms with E-state index < -0.39 is 11.2 Å². The lowest BCUT2D eigenvalue weighted by atomic mass is 9.86. The molecule has 2 rings (SSSR count). The van der Waals surface area contributed by atoms with Gasteiger partial charge in [-0.2, -0.15) is 5.10 Å². The summed E-state index contributed by atoms with van der Waals surface area (Å²) in [5.41, 5.74) is -0.579. The second kappa shape index (κ2) is 5.09. The summed E-state index contributed by atoms with van der Waals surface area (Å²) < 4.78 is 7.02. The Labute approximate surface area is 119 Å². The van der Waals surface area contributed by atoms with Gasteiger partial charge in [0.15, 0.2) is 0 Å². The molecule has 1 amide bonds.